The van der Waals surface area contributed by atoms with Crippen molar-refractivity contribution in [1.29, 1.82) is 0 Å². The van der Waals surface area contributed by atoms with Crippen molar-refractivity contribution in [3.63, 3.8) is 0 Å². The van der Waals surface area contributed by atoms with Crippen molar-refractivity contribution in [1.82, 2.24) is 0 Å². The second kappa shape index (κ2) is 6.40. The number of benzene rings is 1. The summed E-state index contributed by atoms with van der Waals surface area (Å²) in [5.41, 5.74) is 7.33. The molecule has 0 radical (unpaired) electrons. The predicted molar refractivity (Wildman–Crippen MR) is 68.7 cm³/mol. The predicted octanol–water partition coefficient (Wildman–Crippen LogP) is 1.98. The van der Waals surface area contributed by atoms with Crippen LogP contribution in [0.1, 0.15) is 43.7 Å². The van der Waals surface area contributed by atoms with Crippen LogP contribution in [0.25, 0.3) is 0 Å². The summed E-state index contributed by atoms with van der Waals surface area (Å²) in [4.78, 5) is 11.3. The fourth-order valence-electron chi connectivity index (χ4n) is 1.95. The topological polar surface area (TPSA) is 63.3 Å². The molecule has 1 amide bonds. The van der Waals surface area contributed by atoms with Gasteiger partial charge in [-0.1, -0.05) is 37.6 Å². The zero-order valence-corrected chi connectivity index (χ0v) is 10.5. The Morgan fingerprint density at radius 2 is 1.94 bits per heavy atom. The SMILES string of the molecule is CCCCc1ccc(C(C(N)=O)[C@@H](C)O)cc1. The summed E-state index contributed by atoms with van der Waals surface area (Å²) >= 11 is 0. The molecule has 0 saturated heterocycles. The van der Waals surface area contributed by atoms with E-state index in [2.05, 4.69) is 6.92 Å². The summed E-state index contributed by atoms with van der Waals surface area (Å²) in [7, 11) is 0. The summed E-state index contributed by atoms with van der Waals surface area (Å²) in [6.07, 6.45) is 2.62. The van der Waals surface area contributed by atoms with Gasteiger partial charge in [-0.3, -0.25) is 4.79 Å². The Kier molecular flexibility index (Phi) is 5.16. The third-order valence-electron chi connectivity index (χ3n) is 2.95. The zero-order valence-electron chi connectivity index (χ0n) is 10.5. The van der Waals surface area contributed by atoms with Crippen LogP contribution in [-0.4, -0.2) is 17.1 Å². The smallest absolute Gasteiger partial charge is 0.227 e. The summed E-state index contributed by atoms with van der Waals surface area (Å²) in [6.45, 7) is 3.74. The van der Waals surface area contributed by atoms with Crippen LogP contribution in [0.4, 0.5) is 0 Å². The Bertz CT molecular complexity index is 357. The molecule has 17 heavy (non-hydrogen) atoms. The number of nitrogens with two attached hydrogens (primary N) is 1. The van der Waals surface area contributed by atoms with Crippen LogP contribution in [-0.2, 0) is 11.2 Å². The van der Waals surface area contributed by atoms with E-state index in [9.17, 15) is 9.90 Å². The number of hydrogen-bond donors (Lipinski definition) is 2. The summed E-state index contributed by atoms with van der Waals surface area (Å²) < 4.78 is 0. The Morgan fingerprint density at radius 3 is 2.35 bits per heavy atom. The van der Waals surface area contributed by atoms with E-state index >= 15 is 0 Å². The Hall–Kier alpha value is -1.35. The van der Waals surface area contributed by atoms with Crippen molar-refractivity contribution in [2.75, 3.05) is 0 Å². The van der Waals surface area contributed by atoms with Crippen molar-refractivity contribution in [2.45, 2.75) is 45.1 Å². The van der Waals surface area contributed by atoms with Gasteiger partial charge in [0.1, 0.15) is 0 Å². The maximum atomic E-state index is 11.3. The molecule has 1 rings (SSSR count). The number of carbonyl (C=O) groups is 1. The molecular weight excluding hydrogens is 214 g/mol. The van der Waals surface area contributed by atoms with Crippen LogP contribution >= 0.6 is 0 Å². The molecule has 0 saturated carbocycles. The van der Waals surface area contributed by atoms with Gasteiger partial charge < -0.3 is 10.8 Å². The van der Waals surface area contributed by atoms with Crippen LogP contribution in [0.15, 0.2) is 24.3 Å². The highest BCUT2D eigenvalue weighted by Gasteiger charge is 2.22. The third kappa shape index (κ3) is 3.86. The van der Waals surface area contributed by atoms with E-state index < -0.39 is 17.9 Å². The van der Waals surface area contributed by atoms with E-state index in [4.69, 9.17) is 5.73 Å². The molecule has 3 N–H and O–H groups in total. The van der Waals surface area contributed by atoms with Crippen molar-refractivity contribution in [3.8, 4) is 0 Å². The van der Waals surface area contributed by atoms with Gasteiger partial charge in [0.2, 0.25) is 5.91 Å². The molecule has 3 heteroatoms. The van der Waals surface area contributed by atoms with Gasteiger partial charge in [0.05, 0.1) is 12.0 Å². The van der Waals surface area contributed by atoms with E-state index in [0.29, 0.717) is 0 Å². The quantitative estimate of drug-likeness (QED) is 0.792. The molecule has 1 unspecified atom stereocenters. The molecule has 1 aromatic rings. The first-order valence-corrected chi connectivity index (χ1v) is 6.12. The van der Waals surface area contributed by atoms with Crippen LogP contribution in [0, 0.1) is 0 Å². The number of carbonyl (C=O) groups excluding carboxylic acids is 1. The standard InChI is InChI=1S/C14H21NO2/c1-3-4-5-11-6-8-12(9-7-11)13(10(2)16)14(15)17/h6-10,13,16H,3-5H2,1-2H3,(H2,15,17)/t10-,13?/m1/s1. The average Bonchev–Trinajstić information content (AvgIpc) is 2.27. The minimum Gasteiger partial charge on any atom is -0.392 e. The number of aliphatic hydroxyl groups excluding tert-OH is 1. The van der Waals surface area contributed by atoms with Gasteiger partial charge in [-0.15, -0.1) is 0 Å². The second-order valence-electron chi connectivity index (χ2n) is 4.47. The highest BCUT2D eigenvalue weighted by atomic mass is 16.3. The zero-order chi connectivity index (χ0) is 12.8. The van der Waals surface area contributed by atoms with Gasteiger partial charge in [-0.2, -0.15) is 0 Å². The molecule has 0 heterocycles. The third-order valence-corrected chi connectivity index (χ3v) is 2.95. The van der Waals surface area contributed by atoms with Gasteiger partial charge in [-0.25, -0.2) is 0 Å². The number of hydrogen-bond acceptors (Lipinski definition) is 2. The number of amides is 1. The van der Waals surface area contributed by atoms with Gasteiger partial charge in [-0.05, 0) is 30.9 Å². The molecule has 2 atom stereocenters. The minimum atomic E-state index is -0.756. The van der Waals surface area contributed by atoms with Crippen molar-refractivity contribution in [2.24, 2.45) is 5.73 Å². The lowest BCUT2D eigenvalue weighted by Gasteiger charge is -2.17. The second-order valence-corrected chi connectivity index (χ2v) is 4.47. The van der Waals surface area contributed by atoms with E-state index in [1.165, 1.54) is 12.0 Å². The van der Waals surface area contributed by atoms with Crippen LogP contribution in [0.3, 0.4) is 0 Å². The normalized spacial score (nSPS) is 14.3. The van der Waals surface area contributed by atoms with E-state index in [0.717, 1.165) is 18.4 Å². The summed E-state index contributed by atoms with van der Waals surface area (Å²) in [6, 6.07) is 7.77. The Morgan fingerprint density at radius 1 is 1.35 bits per heavy atom. The van der Waals surface area contributed by atoms with E-state index in [-0.39, 0.29) is 0 Å². The van der Waals surface area contributed by atoms with Crippen LogP contribution in [0.2, 0.25) is 0 Å². The lowest BCUT2D eigenvalue weighted by molar-refractivity contribution is -0.121. The summed E-state index contributed by atoms with van der Waals surface area (Å²) in [5.74, 6) is -1.10. The molecule has 0 aliphatic heterocycles. The van der Waals surface area contributed by atoms with Crippen LogP contribution < -0.4 is 5.73 Å². The molecule has 0 aromatic heterocycles. The average molecular weight is 235 g/mol. The highest BCUT2D eigenvalue weighted by molar-refractivity contribution is 5.82. The summed E-state index contributed by atoms with van der Waals surface area (Å²) in [5, 5.41) is 9.55. The van der Waals surface area contributed by atoms with Crippen molar-refractivity contribution < 1.29 is 9.90 Å². The number of unbranched alkanes of at least 4 members (excludes halogenated alkanes) is 1. The molecule has 0 fully saturated rings. The first-order valence-electron chi connectivity index (χ1n) is 6.12. The molecular formula is C14H21NO2. The fourth-order valence-corrected chi connectivity index (χ4v) is 1.95. The molecule has 0 bridgehead atoms. The maximum absolute atomic E-state index is 11.3. The first-order chi connectivity index (χ1) is 8.06. The Balaban J connectivity index is 2.81. The van der Waals surface area contributed by atoms with Crippen molar-refractivity contribution in [3.05, 3.63) is 35.4 Å². The number of aryl methyl sites for hydroxylation is 1. The lowest BCUT2D eigenvalue weighted by atomic mass is 9.92. The van der Waals surface area contributed by atoms with Gasteiger partial charge in [0.25, 0.3) is 0 Å². The molecule has 1 aromatic carbocycles. The van der Waals surface area contributed by atoms with Crippen LogP contribution in [0.5, 0.6) is 0 Å². The lowest BCUT2D eigenvalue weighted by Crippen LogP contribution is -2.29. The largest absolute Gasteiger partial charge is 0.392 e. The maximum Gasteiger partial charge on any atom is 0.227 e. The van der Waals surface area contributed by atoms with Gasteiger partial charge >= 0.3 is 0 Å². The monoisotopic (exact) mass is 235 g/mol. The molecule has 0 spiro atoms. The minimum absolute atomic E-state index is 0.485. The van der Waals surface area contributed by atoms with Gasteiger partial charge in [0.15, 0.2) is 0 Å². The molecule has 0 aliphatic carbocycles. The van der Waals surface area contributed by atoms with Crippen molar-refractivity contribution >= 4 is 5.91 Å². The molecule has 0 aliphatic rings. The highest BCUT2D eigenvalue weighted by Crippen LogP contribution is 2.20. The number of primary amides is 1. The fraction of sp³-hybridized carbons (Fsp3) is 0.500. The Labute approximate surface area is 103 Å². The number of aliphatic hydroxyl groups is 1. The van der Waals surface area contributed by atoms with E-state index in [1.807, 2.05) is 24.3 Å². The first kappa shape index (κ1) is 13.7. The van der Waals surface area contributed by atoms with Gasteiger partial charge in [0, 0.05) is 0 Å². The molecule has 94 valence electrons. The number of rotatable bonds is 6. The van der Waals surface area contributed by atoms with E-state index in [1.54, 1.807) is 6.92 Å². The molecule has 3 nitrogen and oxygen atoms in total.